The molecule has 0 amide bonds. The van der Waals surface area contributed by atoms with Gasteiger partial charge in [-0.3, -0.25) is 0 Å². The number of carbonyl (C=O) groups is 2. The molecule has 3 rings (SSSR count). The quantitative estimate of drug-likeness (QED) is 0.431. The van der Waals surface area contributed by atoms with Crippen LogP contribution in [-0.4, -0.2) is 37.4 Å². The van der Waals surface area contributed by atoms with E-state index in [2.05, 4.69) is 5.16 Å². The Kier molecular flexibility index (Phi) is 6.23. The van der Waals surface area contributed by atoms with Crippen LogP contribution in [0.2, 0.25) is 0 Å². The smallest absolute Gasteiger partial charge is 0.338 e. The molecule has 0 unspecified atom stereocenters. The Morgan fingerprint density at radius 2 is 1.82 bits per heavy atom. The summed E-state index contributed by atoms with van der Waals surface area (Å²) in [4.78, 5) is 23.1. The molecule has 0 fully saturated rings. The van der Waals surface area contributed by atoms with E-state index in [1.165, 1.54) is 7.11 Å². The number of nitrogens with zero attached hydrogens (tertiary/aromatic N) is 1. The van der Waals surface area contributed by atoms with Crippen molar-refractivity contribution in [2.45, 2.75) is 13.5 Å². The SMILES string of the molecule is CCOC(=O)c1ccc(OCc2noc3cc(OC(=O)COC)ccc23)cc1. The summed E-state index contributed by atoms with van der Waals surface area (Å²) in [6.45, 7) is 2.12. The van der Waals surface area contributed by atoms with Gasteiger partial charge in [-0.25, -0.2) is 9.59 Å². The standard InChI is InChI=1S/C20H19NO7/c1-3-25-20(23)13-4-6-14(7-5-13)26-11-17-16-9-8-15(10-18(16)28-21-17)27-19(22)12-24-2/h4-10H,3,11-12H2,1-2H3. The van der Waals surface area contributed by atoms with Gasteiger partial charge in [-0.2, -0.15) is 0 Å². The largest absolute Gasteiger partial charge is 0.487 e. The number of hydrogen-bond acceptors (Lipinski definition) is 8. The van der Waals surface area contributed by atoms with E-state index >= 15 is 0 Å². The monoisotopic (exact) mass is 385 g/mol. The topological polar surface area (TPSA) is 97.1 Å². The van der Waals surface area contributed by atoms with Gasteiger partial charge in [0.25, 0.3) is 0 Å². The van der Waals surface area contributed by atoms with Gasteiger partial charge in [0.15, 0.2) is 5.58 Å². The minimum absolute atomic E-state index is 0.136. The van der Waals surface area contributed by atoms with E-state index in [-0.39, 0.29) is 19.2 Å². The zero-order valence-electron chi connectivity index (χ0n) is 15.5. The summed E-state index contributed by atoms with van der Waals surface area (Å²) in [7, 11) is 1.41. The molecule has 28 heavy (non-hydrogen) atoms. The van der Waals surface area contributed by atoms with Crippen molar-refractivity contribution in [3.05, 3.63) is 53.7 Å². The highest BCUT2D eigenvalue weighted by Gasteiger charge is 2.12. The molecule has 1 heterocycles. The first kappa shape index (κ1) is 19.4. The normalized spacial score (nSPS) is 10.6. The second kappa shape index (κ2) is 9.01. The van der Waals surface area contributed by atoms with Crippen molar-refractivity contribution < 1.29 is 33.1 Å². The summed E-state index contributed by atoms with van der Waals surface area (Å²) in [5.41, 5.74) is 1.52. The van der Waals surface area contributed by atoms with Crippen molar-refractivity contribution in [3.8, 4) is 11.5 Å². The summed E-state index contributed by atoms with van der Waals surface area (Å²) < 4.78 is 25.8. The number of aromatic nitrogens is 1. The minimum Gasteiger partial charge on any atom is -0.487 e. The molecule has 3 aromatic rings. The molecular formula is C20H19NO7. The molecule has 0 saturated carbocycles. The highest BCUT2D eigenvalue weighted by atomic mass is 16.6. The van der Waals surface area contributed by atoms with Crippen molar-refractivity contribution in [2.24, 2.45) is 0 Å². The molecule has 0 spiro atoms. The lowest BCUT2D eigenvalue weighted by Gasteiger charge is -2.06. The van der Waals surface area contributed by atoms with Crippen LogP contribution in [0.1, 0.15) is 23.0 Å². The fourth-order valence-electron chi connectivity index (χ4n) is 2.47. The van der Waals surface area contributed by atoms with E-state index in [9.17, 15) is 9.59 Å². The summed E-state index contributed by atoms with van der Waals surface area (Å²) >= 11 is 0. The fraction of sp³-hybridized carbons (Fsp3) is 0.250. The van der Waals surface area contributed by atoms with E-state index in [1.807, 2.05) is 0 Å². The molecule has 146 valence electrons. The van der Waals surface area contributed by atoms with Crippen molar-refractivity contribution in [1.29, 1.82) is 0 Å². The molecule has 0 N–H and O–H groups in total. The third-order valence-corrected chi connectivity index (χ3v) is 3.75. The third kappa shape index (κ3) is 4.66. The van der Waals surface area contributed by atoms with Gasteiger partial charge in [0.05, 0.1) is 12.2 Å². The Labute approximate surface area is 160 Å². The molecular weight excluding hydrogens is 366 g/mol. The Bertz CT molecular complexity index is 962. The maximum atomic E-state index is 11.7. The van der Waals surface area contributed by atoms with Crippen LogP contribution in [0.5, 0.6) is 11.5 Å². The van der Waals surface area contributed by atoms with Gasteiger partial charge in [0, 0.05) is 18.6 Å². The summed E-state index contributed by atoms with van der Waals surface area (Å²) in [5.74, 6) is 0.0387. The van der Waals surface area contributed by atoms with Gasteiger partial charge in [0.2, 0.25) is 0 Å². The number of methoxy groups -OCH3 is 1. The van der Waals surface area contributed by atoms with Gasteiger partial charge < -0.3 is 23.5 Å². The molecule has 8 nitrogen and oxygen atoms in total. The van der Waals surface area contributed by atoms with Crippen molar-refractivity contribution in [1.82, 2.24) is 5.16 Å². The molecule has 1 aromatic heterocycles. The molecule has 8 heteroatoms. The minimum atomic E-state index is -0.504. The predicted octanol–water partition coefficient (Wildman–Crippen LogP) is 3.14. The lowest BCUT2D eigenvalue weighted by molar-refractivity contribution is -0.138. The molecule has 0 bridgehead atoms. The number of benzene rings is 2. The molecule has 0 aliphatic rings. The zero-order valence-corrected chi connectivity index (χ0v) is 15.5. The maximum Gasteiger partial charge on any atom is 0.338 e. The summed E-state index contributed by atoms with van der Waals surface area (Å²) in [5, 5.41) is 4.74. The van der Waals surface area contributed by atoms with Gasteiger partial charge >= 0.3 is 11.9 Å². The highest BCUT2D eigenvalue weighted by molar-refractivity contribution is 5.89. The lowest BCUT2D eigenvalue weighted by Crippen LogP contribution is -2.13. The second-order valence-corrected chi connectivity index (χ2v) is 5.73. The van der Waals surface area contributed by atoms with Crippen molar-refractivity contribution in [2.75, 3.05) is 20.3 Å². The van der Waals surface area contributed by atoms with E-state index in [0.717, 1.165) is 5.39 Å². The highest BCUT2D eigenvalue weighted by Crippen LogP contribution is 2.25. The number of esters is 2. The second-order valence-electron chi connectivity index (χ2n) is 5.73. The molecule has 0 radical (unpaired) electrons. The van der Waals surface area contributed by atoms with Crippen LogP contribution in [0.4, 0.5) is 0 Å². The fourth-order valence-corrected chi connectivity index (χ4v) is 2.47. The summed E-state index contributed by atoms with van der Waals surface area (Å²) in [6.07, 6.45) is 0. The van der Waals surface area contributed by atoms with Crippen LogP contribution in [0.25, 0.3) is 11.0 Å². The van der Waals surface area contributed by atoms with Crippen LogP contribution < -0.4 is 9.47 Å². The van der Waals surface area contributed by atoms with E-state index in [4.69, 9.17) is 23.5 Å². The van der Waals surface area contributed by atoms with Crippen LogP contribution in [0.15, 0.2) is 47.0 Å². The Morgan fingerprint density at radius 3 is 2.54 bits per heavy atom. The van der Waals surface area contributed by atoms with Gasteiger partial charge in [-0.1, -0.05) is 5.16 Å². The first-order valence-corrected chi connectivity index (χ1v) is 8.58. The molecule has 0 aliphatic carbocycles. The molecule has 0 aliphatic heterocycles. The average Bonchev–Trinajstić information content (AvgIpc) is 3.09. The number of fused-ring (bicyclic) bond motifs is 1. The Balaban J connectivity index is 1.64. The number of hydrogen-bond donors (Lipinski definition) is 0. The van der Waals surface area contributed by atoms with E-state index in [1.54, 1.807) is 49.4 Å². The van der Waals surface area contributed by atoms with Crippen LogP contribution in [0.3, 0.4) is 0 Å². The Hall–Kier alpha value is -3.39. The maximum absolute atomic E-state index is 11.7. The number of ether oxygens (including phenoxy) is 4. The van der Waals surface area contributed by atoms with Crippen LogP contribution in [0, 0.1) is 0 Å². The van der Waals surface area contributed by atoms with Crippen molar-refractivity contribution >= 4 is 22.9 Å². The average molecular weight is 385 g/mol. The van der Waals surface area contributed by atoms with E-state index in [0.29, 0.717) is 34.9 Å². The molecule has 0 saturated heterocycles. The Morgan fingerprint density at radius 1 is 1.07 bits per heavy atom. The number of carbonyl (C=O) groups excluding carboxylic acids is 2. The van der Waals surface area contributed by atoms with Gasteiger partial charge in [-0.05, 0) is 43.3 Å². The number of rotatable bonds is 8. The van der Waals surface area contributed by atoms with Crippen LogP contribution >= 0.6 is 0 Å². The summed E-state index contributed by atoms with van der Waals surface area (Å²) in [6, 6.07) is 11.6. The van der Waals surface area contributed by atoms with Crippen LogP contribution in [-0.2, 0) is 20.9 Å². The third-order valence-electron chi connectivity index (χ3n) is 3.75. The van der Waals surface area contributed by atoms with Crippen molar-refractivity contribution in [3.63, 3.8) is 0 Å². The first-order valence-electron chi connectivity index (χ1n) is 8.58. The first-order chi connectivity index (χ1) is 13.6. The zero-order chi connectivity index (χ0) is 19.9. The molecule has 2 aromatic carbocycles. The van der Waals surface area contributed by atoms with Gasteiger partial charge in [-0.15, -0.1) is 0 Å². The molecule has 0 atom stereocenters. The predicted molar refractivity (Wildman–Crippen MR) is 98.3 cm³/mol. The lowest BCUT2D eigenvalue weighted by atomic mass is 10.2. The van der Waals surface area contributed by atoms with E-state index < -0.39 is 5.97 Å². The van der Waals surface area contributed by atoms with Gasteiger partial charge in [0.1, 0.15) is 30.4 Å².